The van der Waals surface area contributed by atoms with Crippen molar-refractivity contribution in [1.82, 2.24) is 0 Å². The van der Waals surface area contributed by atoms with Crippen molar-refractivity contribution in [1.29, 1.82) is 0 Å². The van der Waals surface area contributed by atoms with Gasteiger partial charge in [0.2, 0.25) is 5.69 Å². The first-order chi connectivity index (χ1) is 19.0. The Morgan fingerprint density at radius 2 is 1.56 bits per heavy atom. The molecule has 0 N–H and O–H groups in total. The van der Waals surface area contributed by atoms with Gasteiger partial charge in [-0.3, -0.25) is 0 Å². The SMILES string of the molecule is COC(=O)/C=C/c1ccc(Cc2c3[n+](cc4c(OC)c(OC)ccc24)CCc2cc(OC)c(OC)cc2-3)cc1. The summed E-state index contributed by atoms with van der Waals surface area (Å²) >= 11 is 0. The maximum atomic E-state index is 11.5. The Morgan fingerprint density at radius 1 is 0.846 bits per heavy atom. The van der Waals surface area contributed by atoms with Crippen molar-refractivity contribution >= 4 is 22.8 Å². The summed E-state index contributed by atoms with van der Waals surface area (Å²) in [6.45, 7) is 0.818. The number of aromatic nitrogens is 1. The molecule has 0 saturated carbocycles. The predicted octanol–water partition coefficient (Wildman–Crippen LogP) is 5.16. The van der Waals surface area contributed by atoms with Crippen molar-refractivity contribution in [3.63, 3.8) is 0 Å². The fraction of sp³-hybridized carbons (Fsp3) is 0.250. The van der Waals surface area contributed by atoms with Crippen molar-refractivity contribution in [2.45, 2.75) is 19.4 Å². The molecule has 1 aromatic heterocycles. The molecule has 0 fully saturated rings. The molecule has 0 bridgehead atoms. The standard InChI is InChI=1S/C32H32NO6/c1-35-27-12-11-23-25(16-21-8-6-20(7-9-21)10-13-30(34)38-4)31-24-18-29(37-3)28(36-2)17-22(24)14-15-33(31)19-26(23)32(27)39-5/h6-13,17-19H,14-16H2,1-5H3/q+1/b13-10+. The summed E-state index contributed by atoms with van der Waals surface area (Å²) < 4.78 is 29.7. The molecule has 0 atom stereocenters. The van der Waals surface area contributed by atoms with Crippen molar-refractivity contribution in [3.8, 4) is 34.3 Å². The van der Waals surface area contributed by atoms with E-state index in [1.165, 1.54) is 24.3 Å². The van der Waals surface area contributed by atoms with E-state index >= 15 is 0 Å². The predicted molar refractivity (Wildman–Crippen MR) is 150 cm³/mol. The highest BCUT2D eigenvalue weighted by Crippen LogP contribution is 2.43. The third-order valence-electron chi connectivity index (χ3n) is 7.23. The van der Waals surface area contributed by atoms with E-state index < -0.39 is 0 Å². The van der Waals surface area contributed by atoms with Gasteiger partial charge >= 0.3 is 5.97 Å². The molecule has 0 aliphatic carbocycles. The summed E-state index contributed by atoms with van der Waals surface area (Å²) in [5.74, 6) is 2.46. The van der Waals surface area contributed by atoms with Crippen LogP contribution in [0, 0.1) is 0 Å². The molecule has 1 aliphatic rings. The van der Waals surface area contributed by atoms with Crippen LogP contribution in [0.15, 0.2) is 60.8 Å². The average Bonchev–Trinajstić information content (AvgIpc) is 2.98. The zero-order chi connectivity index (χ0) is 27.5. The molecule has 7 heteroatoms. The minimum atomic E-state index is -0.381. The van der Waals surface area contributed by atoms with E-state index in [2.05, 4.69) is 41.1 Å². The van der Waals surface area contributed by atoms with E-state index in [0.29, 0.717) is 23.7 Å². The van der Waals surface area contributed by atoms with Crippen LogP contribution in [-0.2, 0) is 28.9 Å². The van der Waals surface area contributed by atoms with Gasteiger partial charge in [0, 0.05) is 29.9 Å². The molecular weight excluding hydrogens is 494 g/mol. The van der Waals surface area contributed by atoms with Gasteiger partial charge in [-0.2, -0.15) is 4.57 Å². The molecule has 0 unspecified atom stereocenters. The number of hydrogen-bond donors (Lipinski definition) is 0. The van der Waals surface area contributed by atoms with Crippen LogP contribution in [0.1, 0.15) is 22.3 Å². The largest absolute Gasteiger partial charge is 0.493 e. The van der Waals surface area contributed by atoms with E-state index in [-0.39, 0.29) is 5.97 Å². The van der Waals surface area contributed by atoms with Crippen LogP contribution in [0.4, 0.5) is 0 Å². The second kappa shape index (κ2) is 11.1. The summed E-state index contributed by atoms with van der Waals surface area (Å²) in [5.41, 5.74) is 6.74. The smallest absolute Gasteiger partial charge is 0.330 e. The molecule has 5 rings (SSSR count). The van der Waals surface area contributed by atoms with Gasteiger partial charge in [0.05, 0.1) is 46.5 Å². The first kappa shape index (κ1) is 26.1. The van der Waals surface area contributed by atoms with Crippen molar-refractivity contribution in [2.24, 2.45) is 0 Å². The zero-order valence-electron chi connectivity index (χ0n) is 22.9. The Bertz CT molecular complexity index is 1570. The molecule has 7 nitrogen and oxygen atoms in total. The van der Waals surface area contributed by atoms with Crippen LogP contribution >= 0.6 is 0 Å². The normalized spacial score (nSPS) is 12.1. The quantitative estimate of drug-likeness (QED) is 0.180. The molecule has 3 aromatic carbocycles. The Kier molecular flexibility index (Phi) is 7.41. The molecule has 1 aliphatic heterocycles. The summed E-state index contributed by atoms with van der Waals surface area (Å²) in [5, 5.41) is 2.09. The highest BCUT2D eigenvalue weighted by atomic mass is 16.5. The van der Waals surface area contributed by atoms with Gasteiger partial charge in [-0.1, -0.05) is 24.3 Å². The maximum Gasteiger partial charge on any atom is 0.330 e. The molecule has 0 amide bonds. The Morgan fingerprint density at radius 3 is 2.23 bits per heavy atom. The van der Waals surface area contributed by atoms with E-state index in [1.54, 1.807) is 34.5 Å². The third kappa shape index (κ3) is 4.88. The number of ether oxygens (including phenoxy) is 5. The summed E-state index contributed by atoms with van der Waals surface area (Å²) in [7, 11) is 8.03. The summed E-state index contributed by atoms with van der Waals surface area (Å²) in [4.78, 5) is 11.5. The molecule has 0 saturated heterocycles. The van der Waals surface area contributed by atoms with Gasteiger partial charge < -0.3 is 23.7 Å². The monoisotopic (exact) mass is 526 g/mol. The number of methoxy groups -OCH3 is 5. The topological polar surface area (TPSA) is 67.1 Å². The first-order valence-corrected chi connectivity index (χ1v) is 12.7. The number of carbonyl (C=O) groups is 1. The van der Waals surface area contributed by atoms with Gasteiger partial charge in [-0.15, -0.1) is 0 Å². The van der Waals surface area contributed by atoms with Crippen LogP contribution in [0.3, 0.4) is 0 Å². The molecule has 200 valence electrons. The highest BCUT2D eigenvalue weighted by Gasteiger charge is 2.31. The molecule has 39 heavy (non-hydrogen) atoms. The molecular formula is C32H32NO6+. The van der Waals surface area contributed by atoms with Gasteiger partial charge in [0.15, 0.2) is 35.7 Å². The lowest BCUT2D eigenvalue weighted by molar-refractivity contribution is -0.686. The van der Waals surface area contributed by atoms with E-state index in [4.69, 9.17) is 23.7 Å². The van der Waals surface area contributed by atoms with Crippen molar-refractivity contribution in [3.05, 3.63) is 83.1 Å². The second-order valence-corrected chi connectivity index (χ2v) is 9.30. The molecule has 4 aromatic rings. The van der Waals surface area contributed by atoms with Crippen LogP contribution < -0.4 is 23.5 Å². The zero-order valence-corrected chi connectivity index (χ0v) is 22.9. The number of aryl methyl sites for hydroxylation is 2. The van der Waals surface area contributed by atoms with E-state index in [9.17, 15) is 4.79 Å². The Balaban J connectivity index is 1.70. The Labute approximate surface area is 228 Å². The first-order valence-electron chi connectivity index (χ1n) is 12.7. The summed E-state index contributed by atoms with van der Waals surface area (Å²) in [6.07, 6.45) is 6.89. The fourth-order valence-electron chi connectivity index (χ4n) is 5.31. The number of nitrogens with zero attached hydrogens (tertiary/aromatic N) is 1. The van der Waals surface area contributed by atoms with Crippen molar-refractivity contribution in [2.75, 3.05) is 35.5 Å². The van der Waals surface area contributed by atoms with Crippen molar-refractivity contribution < 1.29 is 33.0 Å². The van der Waals surface area contributed by atoms with Crippen LogP contribution in [0.2, 0.25) is 0 Å². The lowest BCUT2D eigenvalue weighted by Crippen LogP contribution is -2.41. The van der Waals surface area contributed by atoms with E-state index in [0.717, 1.165) is 51.9 Å². The number of hydrogen-bond acceptors (Lipinski definition) is 6. The van der Waals surface area contributed by atoms with Crippen LogP contribution in [-0.4, -0.2) is 41.5 Å². The second-order valence-electron chi connectivity index (χ2n) is 9.30. The summed E-state index contributed by atoms with van der Waals surface area (Å²) in [6, 6.07) is 16.4. The van der Waals surface area contributed by atoms with Crippen LogP contribution in [0.5, 0.6) is 23.0 Å². The number of esters is 1. The number of benzene rings is 3. The molecule has 0 spiro atoms. The highest BCUT2D eigenvalue weighted by molar-refractivity contribution is 5.95. The molecule has 2 heterocycles. The van der Waals surface area contributed by atoms with E-state index in [1.807, 2.05) is 18.2 Å². The average molecular weight is 527 g/mol. The Hall–Kier alpha value is -4.52. The minimum absolute atomic E-state index is 0.381. The lowest BCUT2D eigenvalue weighted by Gasteiger charge is -2.22. The van der Waals surface area contributed by atoms with Gasteiger partial charge in [0.25, 0.3) is 0 Å². The van der Waals surface area contributed by atoms with Gasteiger partial charge in [-0.25, -0.2) is 4.79 Å². The third-order valence-corrected chi connectivity index (χ3v) is 7.23. The van der Waals surface area contributed by atoms with Gasteiger partial charge in [-0.05, 0) is 47.0 Å². The van der Waals surface area contributed by atoms with Gasteiger partial charge in [0.1, 0.15) is 0 Å². The molecule has 0 radical (unpaired) electrons. The number of fused-ring (bicyclic) bond motifs is 4. The number of rotatable bonds is 8. The fourth-order valence-corrected chi connectivity index (χ4v) is 5.31. The maximum absolute atomic E-state index is 11.5. The minimum Gasteiger partial charge on any atom is -0.493 e. The lowest BCUT2D eigenvalue weighted by atomic mass is 9.88. The van der Waals surface area contributed by atoms with Crippen LogP contribution in [0.25, 0.3) is 28.1 Å². The number of carbonyl (C=O) groups excluding carboxylic acids is 1. The number of pyridine rings is 1.